The van der Waals surface area contributed by atoms with Crippen molar-refractivity contribution < 1.29 is 9.13 Å². The Bertz CT molecular complexity index is 932. The average molecular weight is 410 g/mol. The maximum Gasteiger partial charge on any atom is 0.172 e. The van der Waals surface area contributed by atoms with Gasteiger partial charge in [0.15, 0.2) is 7.14 Å². The largest absolute Gasteiger partial charge is 0.309 e. The molecular formula is C24H28O2P2. The van der Waals surface area contributed by atoms with Crippen molar-refractivity contribution in [1.29, 1.82) is 0 Å². The molecule has 0 atom stereocenters. The molecule has 0 spiro atoms. The summed E-state index contributed by atoms with van der Waals surface area (Å²) in [4.78, 5) is 0. The topological polar surface area (TPSA) is 34.1 Å². The summed E-state index contributed by atoms with van der Waals surface area (Å²) in [5.74, 6) is 0. The molecule has 3 aromatic rings. The Balaban J connectivity index is 0.00000136. The van der Waals surface area contributed by atoms with Crippen molar-refractivity contribution in [3.05, 3.63) is 88.0 Å². The molecule has 0 saturated carbocycles. The molecule has 0 amide bonds. The third-order valence-electron chi connectivity index (χ3n) is 5.02. The monoisotopic (exact) mass is 410 g/mol. The van der Waals surface area contributed by atoms with E-state index in [0.717, 1.165) is 38.2 Å². The molecule has 0 N–H and O–H groups in total. The van der Waals surface area contributed by atoms with Crippen molar-refractivity contribution in [1.82, 2.24) is 0 Å². The smallest absolute Gasteiger partial charge is 0.172 e. The van der Waals surface area contributed by atoms with Crippen LogP contribution in [0.4, 0.5) is 0 Å². The normalized spacial score (nSPS) is 10.9. The van der Waals surface area contributed by atoms with Crippen LogP contribution in [0.2, 0.25) is 0 Å². The number of hydrogen-bond acceptors (Lipinski definition) is 2. The van der Waals surface area contributed by atoms with Crippen molar-refractivity contribution in [2.45, 2.75) is 41.5 Å². The van der Waals surface area contributed by atoms with Gasteiger partial charge in [-0.2, -0.15) is 0 Å². The second kappa shape index (κ2) is 8.99. The molecule has 0 aromatic heterocycles. The molecule has 0 fully saturated rings. The van der Waals surface area contributed by atoms with E-state index in [4.69, 9.17) is 4.57 Å². The first-order valence-corrected chi connectivity index (χ1v) is 11.4. The van der Waals surface area contributed by atoms with Gasteiger partial charge in [0.25, 0.3) is 0 Å². The van der Waals surface area contributed by atoms with Crippen molar-refractivity contribution in [3.8, 4) is 0 Å². The summed E-state index contributed by atoms with van der Waals surface area (Å²) < 4.78 is 23.0. The van der Waals surface area contributed by atoms with E-state index in [1.54, 1.807) is 9.12 Å². The predicted octanol–water partition coefficient (Wildman–Crippen LogP) is 5.65. The lowest BCUT2D eigenvalue weighted by atomic mass is 10.1. The van der Waals surface area contributed by atoms with E-state index in [-0.39, 0.29) is 0 Å². The van der Waals surface area contributed by atoms with Gasteiger partial charge in [-0.1, -0.05) is 65.7 Å². The van der Waals surface area contributed by atoms with Gasteiger partial charge in [0.05, 0.1) is 0 Å². The standard InChI is InChI=1S/C24H27OP.HOP/c1-16-12-18(3)23(19(4)13-16)26(25,22-10-8-7-9-11-22)24-20(5)14-17(2)15-21(24)6;1-2/h7-15H,1-6H3;2H. The molecule has 2 nitrogen and oxygen atoms in total. The first-order chi connectivity index (χ1) is 13.2. The number of aryl methyl sites for hydroxylation is 6. The fourth-order valence-corrected chi connectivity index (χ4v) is 7.92. The Hall–Kier alpha value is -2.01. The van der Waals surface area contributed by atoms with Crippen molar-refractivity contribution >= 4 is 32.2 Å². The van der Waals surface area contributed by atoms with Gasteiger partial charge in [-0.3, -0.25) is 4.57 Å². The van der Waals surface area contributed by atoms with Gasteiger partial charge < -0.3 is 4.57 Å². The molecule has 0 saturated heterocycles. The molecule has 146 valence electrons. The zero-order valence-corrected chi connectivity index (χ0v) is 19.4. The molecule has 0 bridgehead atoms. The second-order valence-corrected chi connectivity index (χ2v) is 10.1. The van der Waals surface area contributed by atoms with Crippen LogP contribution in [0, 0.1) is 41.5 Å². The van der Waals surface area contributed by atoms with E-state index in [1.807, 2.05) is 30.3 Å². The third-order valence-corrected chi connectivity index (χ3v) is 8.72. The first kappa shape index (κ1) is 22.3. The quantitative estimate of drug-likeness (QED) is 0.523. The van der Waals surface area contributed by atoms with Crippen LogP contribution in [0.1, 0.15) is 33.4 Å². The molecule has 0 radical (unpaired) electrons. The van der Waals surface area contributed by atoms with Gasteiger partial charge in [-0.05, 0) is 63.8 Å². The summed E-state index contributed by atoms with van der Waals surface area (Å²) in [7, 11) is -1.24. The van der Waals surface area contributed by atoms with Crippen LogP contribution >= 0.6 is 16.3 Å². The lowest BCUT2D eigenvalue weighted by Crippen LogP contribution is -2.31. The van der Waals surface area contributed by atoms with E-state index in [2.05, 4.69) is 65.8 Å². The second-order valence-electron chi connectivity index (χ2n) is 7.44. The molecule has 0 unspecified atom stereocenters. The average Bonchev–Trinajstić information content (AvgIpc) is 2.62. The molecule has 0 aliphatic heterocycles. The maximum absolute atomic E-state index is 14.9. The van der Waals surface area contributed by atoms with Gasteiger partial charge in [-0.25, -0.2) is 0 Å². The number of hydrogen-bond donors (Lipinski definition) is 0. The summed E-state index contributed by atoms with van der Waals surface area (Å²) in [5.41, 5.74) is 6.84. The van der Waals surface area contributed by atoms with Crippen molar-refractivity contribution in [2.75, 3.05) is 0 Å². The van der Waals surface area contributed by atoms with Crippen molar-refractivity contribution in [3.63, 3.8) is 0 Å². The fraction of sp³-hybridized carbons (Fsp3) is 0.250. The molecule has 3 aromatic carbocycles. The third kappa shape index (κ3) is 4.04. The minimum absolute atomic E-state index is 0.908. The summed E-state index contributed by atoms with van der Waals surface area (Å²) in [6.45, 7) is 12.5. The van der Waals surface area contributed by atoms with Crippen LogP contribution in [0.15, 0.2) is 54.6 Å². The van der Waals surface area contributed by atoms with Crippen LogP contribution in [-0.4, -0.2) is 0 Å². The Morgan fingerprint density at radius 3 is 1.25 bits per heavy atom. The van der Waals surface area contributed by atoms with Crippen molar-refractivity contribution in [2.24, 2.45) is 0 Å². The van der Waals surface area contributed by atoms with Crippen LogP contribution in [0.5, 0.6) is 0 Å². The van der Waals surface area contributed by atoms with Gasteiger partial charge in [-0.15, -0.1) is 0 Å². The maximum atomic E-state index is 14.9. The lowest BCUT2D eigenvalue weighted by molar-refractivity contribution is 0.592. The molecule has 3 rings (SSSR count). The fourth-order valence-electron chi connectivity index (χ4n) is 4.35. The van der Waals surface area contributed by atoms with Gasteiger partial charge in [0.2, 0.25) is 0 Å². The Labute approximate surface area is 171 Å². The van der Waals surface area contributed by atoms with Crippen LogP contribution in [0.25, 0.3) is 0 Å². The molecule has 28 heavy (non-hydrogen) atoms. The minimum Gasteiger partial charge on any atom is -0.309 e. The van der Waals surface area contributed by atoms with Crippen LogP contribution in [-0.2, 0) is 9.13 Å². The number of benzene rings is 3. The van der Waals surface area contributed by atoms with E-state index in [9.17, 15) is 4.57 Å². The first-order valence-electron chi connectivity index (χ1n) is 9.28. The van der Waals surface area contributed by atoms with Gasteiger partial charge in [0.1, 0.15) is 9.12 Å². The highest BCUT2D eigenvalue weighted by Crippen LogP contribution is 2.46. The van der Waals surface area contributed by atoms with E-state index >= 15 is 0 Å². The zero-order chi connectivity index (χ0) is 21.1. The van der Waals surface area contributed by atoms with Crippen LogP contribution in [0.3, 0.4) is 0 Å². The highest BCUT2D eigenvalue weighted by atomic mass is 31.2. The van der Waals surface area contributed by atoms with E-state index < -0.39 is 7.14 Å². The predicted molar refractivity (Wildman–Crippen MR) is 123 cm³/mol. The molecule has 0 heterocycles. The summed E-state index contributed by atoms with van der Waals surface area (Å²) in [5, 5.41) is 2.89. The molecule has 0 aliphatic carbocycles. The minimum atomic E-state index is -2.97. The van der Waals surface area contributed by atoms with Gasteiger partial charge >= 0.3 is 0 Å². The molecule has 0 aliphatic rings. The molecule has 4 heteroatoms. The zero-order valence-electron chi connectivity index (χ0n) is 17.5. The van der Waals surface area contributed by atoms with E-state index in [0.29, 0.717) is 0 Å². The molecular weight excluding hydrogens is 382 g/mol. The van der Waals surface area contributed by atoms with E-state index in [1.165, 1.54) is 11.1 Å². The Morgan fingerprint density at radius 1 is 0.607 bits per heavy atom. The Kier molecular flexibility index (Phi) is 7.16. The number of rotatable bonds is 3. The SMILES string of the molecule is Cc1cc(C)c(P(=O)(c2ccccc2)c2c(C)cc(C)cc2C)c(C)c1.O=P. The summed E-state index contributed by atoms with van der Waals surface area (Å²) in [6.07, 6.45) is 0. The highest BCUT2D eigenvalue weighted by Gasteiger charge is 2.35. The summed E-state index contributed by atoms with van der Waals surface area (Å²) >= 11 is 0. The highest BCUT2D eigenvalue weighted by molar-refractivity contribution is 7.85. The lowest BCUT2D eigenvalue weighted by Gasteiger charge is -2.27. The Morgan fingerprint density at radius 2 is 0.929 bits per heavy atom. The summed E-state index contributed by atoms with van der Waals surface area (Å²) in [6, 6.07) is 18.6. The van der Waals surface area contributed by atoms with Gasteiger partial charge in [0, 0.05) is 15.9 Å². The van der Waals surface area contributed by atoms with Crippen LogP contribution < -0.4 is 15.9 Å².